The van der Waals surface area contributed by atoms with E-state index in [0.29, 0.717) is 0 Å². The molecular weight excluding hydrogens is 305 g/mol. The van der Waals surface area contributed by atoms with E-state index < -0.39 is 17.9 Å². The van der Waals surface area contributed by atoms with Crippen LogP contribution in [0.15, 0.2) is 18.2 Å². The summed E-state index contributed by atoms with van der Waals surface area (Å²) < 4.78 is 53.5. The van der Waals surface area contributed by atoms with Gasteiger partial charge in [0.15, 0.2) is 0 Å². The molecular formula is C13H17F3N2O2S. The lowest BCUT2D eigenvalue weighted by molar-refractivity contribution is -0.0999. The fourth-order valence-corrected chi connectivity index (χ4v) is 2.53. The third kappa shape index (κ3) is 3.75. The van der Waals surface area contributed by atoms with Gasteiger partial charge in [-0.2, -0.15) is 21.6 Å². The van der Waals surface area contributed by atoms with Crippen LogP contribution in [0.3, 0.4) is 0 Å². The summed E-state index contributed by atoms with van der Waals surface area (Å²) in [6.07, 6.45) is -4.40. The maximum atomic E-state index is 12.3. The Morgan fingerprint density at radius 3 is 2.29 bits per heavy atom. The number of rotatable bonds is 1. The van der Waals surface area contributed by atoms with Crippen LogP contribution >= 0.6 is 0 Å². The van der Waals surface area contributed by atoms with Crippen molar-refractivity contribution in [3.05, 3.63) is 23.8 Å². The SMILES string of the molecule is CC1N(C)c2cc(NC(F)(F)F)ccc2C1(C)C.O=S=O. The summed E-state index contributed by atoms with van der Waals surface area (Å²) in [5.41, 5.74) is 1.98. The average Bonchev–Trinajstić information content (AvgIpc) is 2.50. The van der Waals surface area contributed by atoms with Crippen molar-refractivity contribution in [1.29, 1.82) is 0 Å². The molecule has 0 saturated heterocycles. The number of fused-ring (bicyclic) bond motifs is 1. The molecule has 0 radical (unpaired) electrons. The minimum atomic E-state index is -4.40. The number of anilines is 2. The third-order valence-corrected chi connectivity index (χ3v) is 3.98. The summed E-state index contributed by atoms with van der Waals surface area (Å²) in [5, 5.41) is 1.55. The summed E-state index contributed by atoms with van der Waals surface area (Å²) in [5.74, 6) is 0. The molecule has 0 fully saturated rings. The van der Waals surface area contributed by atoms with Crippen LogP contribution in [0.2, 0.25) is 0 Å². The van der Waals surface area contributed by atoms with Gasteiger partial charge in [0.1, 0.15) is 0 Å². The third-order valence-electron chi connectivity index (χ3n) is 3.98. The van der Waals surface area contributed by atoms with Gasteiger partial charge in [0, 0.05) is 29.9 Å². The van der Waals surface area contributed by atoms with Gasteiger partial charge in [-0.05, 0) is 24.6 Å². The average molecular weight is 322 g/mol. The van der Waals surface area contributed by atoms with Gasteiger partial charge in [-0.1, -0.05) is 19.9 Å². The Kier molecular flexibility index (Phi) is 5.03. The number of nitrogens with zero attached hydrogens (tertiary/aromatic N) is 1. The van der Waals surface area contributed by atoms with Crippen molar-refractivity contribution in [3.8, 4) is 0 Å². The maximum Gasteiger partial charge on any atom is 0.482 e. The summed E-state index contributed by atoms with van der Waals surface area (Å²) >= 11 is -0.750. The lowest BCUT2D eigenvalue weighted by Crippen LogP contribution is -2.36. The highest BCUT2D eigenvalue weighted by atomic mass is 32.1. The van der Waals surface area contributed by atoms with E-state index in [2.05, 4.69) is 20.8 Å². The molecule has 1 unspecified atom stereocenters. The Balaban J connectivity index is 0.000000677. The van der Waals surface area contributed by atoms with E-state index in [-0.39, 0.29) is 17.1 Å². The van der Waals surface area contributed by atoms with Gasteiger partial charge in [0.25, 0.3) is 0 Å². The van der Waals surface area contributed by atoms with Gasteiger partial charge in [-0.15, -0.1) is 0 Å². The molecule has 1 aromatic carbocycles. The molecule has 1 aliphatic rings. The quantitative estimate of drug-likeness (QED) is 0.807. The minimum Gasteiger partial charge on any atom is -0.371 e. The maximum absolute atomic E-state index is 12.3. The predicted molar refractivity (Wildman–Crippen MR) is 75.9 cm³/mol. The standard InChI is InChI=1S/C13H17F3N2.O2S/c1-8-12(2,3)10-6-5-9(17-13(14,15)16)7-11(10)18(8)4;1-3-2/h5-8,17H,1-4H3;. The first kappa shape index (κ1) is 17.5. The minimum absolute atomic E-state index is 0.0547. The smallest absolute Gasteiger partial charge is 0.371 e. The second-order valence-corrected chi connectivity index (χ2v) is 5.57. The zero-order valence-electron chi connectivity index (χ0n) is 12.1. The highest BCUT2D eigenvalue weighted by molar-refractivity contribution is 7.51. The van der Waals surface area contributed by atoms with Crippen LogP contribution in [0.25, 0.3) is 0 Å². The van der Waals surface area contributed by atoms with E-state index in [1.807, 2.05) is 11.9 Å². The van der Waals surface area contributed by atoms with Crippen molar-refractivity contribution in [3.63, 3.8) is 0 Å². The Bertz CT molecular complexity index is 555. The van der Waals surface area contributed by atoms with E-state index >= 15 is 0 Å². The number of alkyl halides is 3. The molecule has 0 saturated carbocycles. The van der Waals surface area contributed by atoms with Crippen molar-refractivity contribution >= 4 is 22.9 Å². The van der Waals surface area contributed by atoms with Crippen LogP contribution in [0.4, 0.5) is 24.5 Å². The topological polar surface area (TPSA) is 49.4 Å². The first-order valence-corrected chi connectivity index (χ1v) is 6.85. The Labute approximate surface area is 124 Å². The number of hydrogen-bond donors (Lipinski definition) is 1. The van der Waals surface area contributed by atoms with Gasteiger partial charge < -0.3 is 4.90 Å². The molecule has 1 heterocycles. The fourth-order valence-electron chi connectivity index (χ4n) is 2.53. The van der Waals surface area contributed by atoms with Gasteiger partial charge in [0.05, 0.1) is 0 Å². The monoisotopic (exact) mass is 322 g/mol. The zero-order chi connectivity index (χ0) is 16.4. The number of likely N-dealkylation sites (N-methyl/N-ethyl adjacent to an activating group) is 1. The number of nitrogens with one attached hydrogen (secondary N) is 1. The van der Waals surface area contributed by atoms with Crippen molar-refractivity contribution in [2.24, 2.45) is 0 Å². The first-order chi connectivity index (χ1) is 9.54. The molecule has 2 rings (SSSR count). The summed E-state index contributed by atoms with van der Waals surface area (Å²) in [4.78, 5) is 2.02. The predicted octanol–water partition coefficient (Wildman–Crippen LogP) is 3.06. The zero-order valence-corrected chi connectivity index (χ0v) is 12.9. The second-order valence-electron chi connectivity index (χ2n) is 5.43. The van der Waals surface area contributed by atoms with Crippen molar-refractivity contribution in [2.45, 2.75) is 38.5 Å². The largest absolute Gasteiger partial charge is 0.482 e. The Hall–Kier alpha value is -1.57. The van der Waals surface area contributed by atoms with Crippen molar-refractivity contribution in [1.82, 2.24) is 0 Å². The van der Waals surface area contributed by atoms with Crippen LogP contribution < -0.4 is 10.2 Å². The Morgan fingerprint density at radius 2 is 1.81 bits per heavy atom. The van der Waals surface area contributed by atoms with Gasteiger partial charge >= 0.3 is 17.9 Å². The van der Waals surface area contributed by atoms with Crippen LogP contribution in [0.5, 0.6) is 0 Å². The van der Waals surface area contributed by atoms with Gasteiger partial charge in [-0.25, -0.2) is 0 Å². The van der Waals surface area contributed by atoms with E-state index in [1.165, 1.54) is 6.07 Å². The highest BCUT2D eigenvalue weighted by Gasteiger charge is 2.40. The van der Waals surface area contributed by atoms with Crippen LogP contribution in [0, 0.1) is 0 Å². The molecule has 118 valence electrons. The first-order valence-electron chi connectivity index (χ1n) is 6.18. The van der Waals surface area contributed by atoms with Crippen molar-refractivity contribution < 1.29 is 21.6 Å². The van der Waals surface area contributed by atoms with Gasteiger partial charge in [0.2, 0.25) is 0 Å². The van der Waals surface area contributed by atoms with Gasteiger partial charge in [-0.3, -0.25) is 5.32 Å². The van der Waals surface area contributed by atoms with Crippen molar-refractivity contribution in [2.75, 3.05) is 17.3 Å². The van der Waals surface area contributed by atoms with E-state index in [4.69, 9.17) is 8.42 Å². The number of halogens is 3. The molecule has 1 N–H and O–H groups in total. The highest BCUT2D eigenvalue weighted by Crippen LogP contribution is 2.45. The molecule has 0 spiro atoms. The van der Waals surface area contributed by atoms with Crippen LogP contribution in [-0.4, -0.2) is 27.8 Å². The summed E-state index contributed by atoms with van der Waals surface area (Å²) in [6.45, 7) is 6.30. The summed E-state index contributed by atoms with van der Waals surface area (Å²) in [6, 6.07) is 5.09. The molecule has 0 aliphatic carbocycles. The lowest BCUT2D eigenvalue weighted by atomic mass is 9.81. The number of hydrogen-bond acceptors (Lipinski definition) is 4. The second kappa shape index (κ2) is 6.05. The molecule has 1 aromatic rings. The van der Waals surface area contributed by atoms with E-state index in [9.17, 15) is 13.2 Å². The molecule has 0 amide bonds. The Morgan fingerprint density at radius 1 is 1.29 bits per heavy atom. The summed E-state index contributed by atoms with van der Waals surface area (Å²) in [7, 11) is 1.91. The molecule has 8 heteroatoms. The molecule has 1 atom stereocenters. The molecule has 0 aromatic heterocycles. The molecule has 1 aliphatic heterocycles. The van der Waals surface area contributed by atoms with E-state index in [1.54, 1.807) is 17.4 Å². The molecule has 0 bridgehead atoms. The lowest BCUT2D eigenvalue weighted by Gasteiger charge is -2.28. The molecule has 21 heavy (non-hydrogen) atoms. The van der Waals surface area contributed by atoms with Crippen LogP contribution in [-0.2, 0) is 17.0 Å². The fraction of sp³-hybridized carbons (Fsp3) is 0.538. The normalized spacial score (nSPS) is 19.4. The van der Waals surface area contributed by atoms with Crippen LogP contribution in [0.1, 0.15) is 26.3 Å². The molecule has 4 nitrogen and oxygen atoms in total. The number of benzene rings is 1. The van der Waals surface area contributed by atoms with E-state index in [0.717, 1.165) is 11.3 Å².